The molecule has 0 radical (unpaired) electrons. The van der Waals surface area contributed by atoms with Crippen LogP contribution >= 0.6 is 11.3 Å². The number of carbonyl (C=O) groups excluding carboxylic acids is 1. The van der Waals surface area contributed by atoms with Gasteiger partial charge in [-0.3, -0.25) is 4.79 Å². The minimum absolute atomic E-state index is 0.112. The van der Waals surface area contributed by atoms with Crippen molar-refractivity contribution in [2.45, 2.75) is 32.1 Å². The molecule has 1 N–H and O–H groups in total. The second-order valence-corrected chi connectivity index (χ2v) is 8.09. The molecule has 144 valence electrons. The molecule has 0 aliphatic carbocycles. The molecule has 0 spiro atoms. The number of phenols is 1. The van der Waals surface area contributed by atoms with E-state index >= 15 is 0 Å². The Labute approximate surface area is 167 Å². The molecule has 1 saturated heterocycles. The Balaban J connectivity index is 1.38. The summed E-state index contributed by atoms with van der Waals surface area (Å²) in [6, 6.07) is 8.82. The van der Waals surface area contributed by atoms with E-state index in [4.69, 9.17) is 4.98 Å². The Morgan fingerprint density at radius 3 is 2.82 bits per heavy atom. The molecule has 1 aliphatic rings. The van der Waals surface area contributed by atoms with Crippen LogP contribution in [0.4, 0.5) is 0 Å². The van der Waals surface area contributed by atoms with Gasteiger partial charge in [-0.25, -0.2) is 15.0 Å². The molecule has 1 aromatic carbocycles. The fourth-order valence-corrected chi connectivity index (χ4v) is 4.80. The monoisotopic (exact) mass is 394 g/mol. The second-order valence-electron chi connectivity index (χ2n) is 7.06. The number of thiazole rings is 1. The summed E-state index contributed by atoms with van der Waals surface area (Å²) >= 11 is 1.70. The summed E-state index contributed by atoms with van der Waals surface area (Å²) in [7, 11) is 0. The predicted molar refractivity (Wildman–Crippen MR) is 108 cm³/mol. The number of hydrogen-bond acceptors (Lipinski definition) is 6. The first-order valence-corrected chi connectivity index (χ1v) is 10.2. The van der Waals surface area contributed by atoms with Gasteiger partial charge in [-0.1, -0.05) is 12.1 Å². The van der Waals surface area contributed by atoms with Crippen molar-refractivity contribution in [2.24, 2.45) is 0 Å². The number of benzene rings is 1. The van der Waals surface area contributed by atoms with Gasteiger partial charge in [-0.15, -0.1) is 11.3 Å². The summed E-state index contributed by atoms with van der Waals surface area (Å²) < 4.78 is 0. The maximum atomic E-state index is 12.6. The molecular weight excluding hydrogens is 372 g/mol. The summed E-state index contributed by atoms with van der Waals surface area (Å²) in [6.07, 6.45) is 5.47. The third-order valence-electron chi connectivity index (χ3n) is 5.09. The van der Waals surface area contributed by atoms with Crippen LogP contribution in [-0.4, -0.2) is 44.0 Å². The highest BCUT2D eigenvalue weighted by atomic mass is 32.1. The minimum Gasteiger partial charge on any atom is -0.508 e. The SMILES string of the molecule is Cc1nc(C2CCN(C(=O)Cc3cccc(O)c3)CC2)sc1-c1ccncn1. The molecule has 28 heavy (non-hydrogen) atoms. The van der Waals surface area contributed by atoms with Gasteiger partial charge < -0.3 is 10.0 Å². The number of rotatable bonds is 4. The Morgan fingerprint density at radius 2 is 2.11 bits per heavy atom. The Kier molecular flexibility index (Phi) is 5.34. The number of hydrogen-bond donors (Lipinski definition) is 1. The van der Waals surface area contributed by atoms with E-state index in [2.05, 4.69) is 9.97 Å². The zero-order valence-electron chi connectivity index (χ0n) is 15.7. The van der Waals surface area contributed by atoms with E-state index in [0.717, 1.165) is 52.8 Å². The molecule has 0 saturated carbocycles. The van der Waals surface area contributed by atoms with Crippen molar-refractivity contribution in [3.05, 3.63) is 59.1 Å². The number of nitrogens with zero attached hydrogens (tertiary/aromatic N) is 4. The average molecular weight is 395 g/mol. The van der Waals surface area contributed by atoms with Gasteiger partial charge in [-0.05, 0) is 43.5 Å². The Morgan fingerprint density at radius 1 is 1.29 bits per heavy atom. The normalized spacial score (nSPS) is 15.0. The largest absolute Gasteiger partial charge is 0.508 e. The minimum atomic E-state index is 0.112. The van der Waals surface area contributed by atoms with Crippen LogP contribution in [0.3, 0.4) is 0 Å². The van der Waals surface area contributed by atoms with E-state index < -0.39 is 0 Å². The molecule has 7 heteroatoms. The van der Waals surface area contributed by atoms with Gasteiger partial charge in [0.15, 0.2) is 0 Å². The molecule has 2 aromatic heterocycles. The van der Waals surface area contributed by atoms with Crippen molar-refractivity contribution in [1.29, 1.82) is 0 Å². The van der Waals surface area contributed by atoms with Crippen LogP contribution in [0.15, 0.2) is 42.9 Å². The van der Waals surface area contributed by atoms with Gasteiger partial charge >= 0.3 is 0 Å². The number of phenolic OH excluding ortho intramolecular Hbond substituents is 1. The molecule has 6 nitrogen and oxygen atoms in total. The molecule has 4 rings (SSSR count). The summed E-state index contributed by atoms with van der Waals surface area (Å²) in [6.45, 7) is 3.50. The lowest BCUT2D eigenvalue weighted by Gasteiger charge is -2.31. The summed E-state index contributed by atoms with van der Waals surface area (Å²) in [4.78, 5) is 28.7. The van der Waals surface area contributed by atoms with Crippen molar-refractivity contribution in [2.75, 3.05) is 13.1 Å². The number of amides is 1. The van der Waals surface area contributed by atoms with Crippen LogP contribution in [0.5, 0.6) is 5.75 Å². The number of aromatic hydroxyl groups is 1. The predicted octanol–water partition coefficient (Wildman–Crippen LogP) is 3.56. The molecule has 0 atom stereocenters. The highest BCUT2D eigenvalue weighted by Gasteiger charge is 2.26. The van der Waals surface area contributed by atoms with Crippen molar-refractivity contribution in [1.82, 2.24) is 19.9 Å². The van der Waals surface area contributed by atoms with Gasteiger partial charge in [0.2, 0.25) is 5.91 Å². The maximum absolute atomic E-state index is 12.6. The van der Waals surface area contributed by atoms with Crippen LogP contribution in [0, 0.1) is 6.92 Å². The van der Waals surface area contributed by atoms with E-state index in [0.29, 0.717) is 12.3 Å². The molecule has 3 aromatic rings. The quantitative estimate of drug-likeness (QED) is 0.732. The summed E-state index contributed by atoms with van der Waals surface area (Å²) in [5.41, 5.74) is 2.76. The van der Waals surface area contributed by atoms with Crippen LogP contribution < -0.4 is 0 Å². The van der Waals surface area contributed by atoms with E-state index in [1.165, 1.54) is 0 Å². The Bertz CT molecular complexity index is 966. The van der Waals surface area contributed by atoms with E-state index in [1.54, 1.807) is 42.1 Å². The lowest BCUT2D eigenvalue weighted by Crippen LogP contribution is -2.38. The second kappa shape index (κ2) is 8.06. The van der Waals surface area contributed by atoms with Crippen LogP contribution in [0.2, 0.25) is 0 Å². The molecule has 1 aliphatic heterocycles. The van der Waals surface area contributed by atoms with E-state index in [-0.39, 0.29) is 11.7 Å². The van der Waals surface area contributed by atoms with Gasteiger partial charge in [-0.2, -0.15) is 0 Å². The lowest BCUT2D eigenvalue weighted by atomic mass is 9.97. The van der Waals surface area contributed by atoms with Gasteiger partial charge in [0.25, 0.3) is 0 Å². The topological polar surface area (TPSA) is 79.2 Å². The van der Waals surface area contributed by atoms with Crippen molar-refractivity contribution in [3.8, 4) is 16.3 Å². The Hall–Kier alpha value is -2.80. The average Bonchev–Trinajstić information content (AvgIpc) is 3.10. The molecular formula is C21H22N4O2S. The maximum Gasteiger partial charge on any atom is 0.226 e. The summed E-state index contributed by atoms with van der Waals surface area (Å²) in [5, 5.41) is 10.7. The number of likely N-dealkylation sites (tertiary alicyclic amines) is 1. The molecule has 3 heterocycles. The fraction of sp³-hybridized carbons (Fsp3) is 0.333. The number of carbonyl (C=O) groups is 1. The van der Waals surface area contributed by atoms with Crippen LogP contribution in [-0.2, 0) is 11.2 Å². The van der Waals surface area contributed by atoms with Crippen molar-refractivity contribution in [3.63, 3.8) is 0 Å². The van der Waals surface area contributed by atoms with Crippen molar-refractivity contribution < 1.29 is 9.90 Å². The fourth-order valence-electron chi connectivity index (χ4n) is 3.58. The van der Waals surface area contributed by atoms with Crippen LogP contribution in [0.25, 0.3) is 10.6 Å². The highest BCUT2D eigenvalue weighted by Crippen LogP contribution is 2.36. The lowest BCUT2D eigenvalue weighted by molar-refractivity contribution is -0.131. The van der Waals surface area contributed by atoms with Crippen LogP contribution in [0.1, 0.15) is 35.0 Å². The highest BCUT2D eigenvalue weighted by molar-refractivity contribution is 7.15. The molecule has 1 fully saturated rings. The zero-order valence-corrected chi connectivity index (χ0v) is 16.5. The molecule has 1 amide bonds. The number of aromatic nitrogens is 3. The standard InChI is InChI=1S/C21H22N4O2S/c1-14-20(18-5-8-22-13-23-18)28-21(24-14)16-6-9-25(10-7-16)19(27)12-15-3-2-4-17(26)11-15/h2-5,8,11,13,16,26H,6-7,9-10,12H2,1H3. The van der Waals surface area contributed by atoms with E-state index in [9.17, 15) is 9.90 Å². The molecule has 0 bridgehead atoms. The molecule has 0 unspecified atom stereocenters. The number of piperidine rings is 1. The first-order chi connectivity index (χ1) is 13.6. The first-order valence-electron chi connectivity index (χ1n) is 9.39. The smallest absolute Gasteiger partial charge is 0.226 e. The van der Waals surface area contributed by atoms with Gasteiger partial charge in [0, 0.05) is 25.2 Å². The number of aryl methyl sites for hydroxylation is 1. The van der Waals surface area contributed by atoms with Crippen molar-refractivity contribution >= 4 is 17.2 Å². The summed E-state index contributed by atoms with van der Waals surface area (Å²) in [5.74, 6) is 0.688. The first kappa shape index (κ1) is 18.6. The van der Waals surface area contributed by atoms with Gasteiger partial charge in [0.1, 0.15) is 12.1 Å². The van der Waals surface area contributed by atoms with E-state index in [1.807, 2.05) is 24.0 Å². The van der Waals surface area contributed by atoms with Gasteiger partial charge in [0.05, 0.1) is 27.7 Å². The zero-order chi connectivity index (χ0) is 19.5. The third kappa shape index (κ3) is 4.04. The third-order valence-corrected chi connectivity index (χ3v) is 6.43.